The zero-order valence-electron chi connectivity index (χ0n) is 17.6. The number of nitrogens with zero attached hydrogens (tertiary/aromatic N) is 2. The third-order valence-electron chi connectivity index (χ3n) is 4.92. The molecule has 0 bridgehead atoms. The first-order chi connectivity index (χ1) is 14.9. The fraction of sp³-hybridized carbons (Fsp3) is 0.364. The van der Waals surface area contributed by atoms with Crippen molar-refractivity contribution in [2.24, 2.45) is 4.99 Å². The lowest BCUT2D eigenvalue weighted by molar-refractivity contribution is -0.274. The van der Waals surface area contributed by atoms with Crippen molar-refractivity contribution in [2.75, 3.05) is 13.6 Å². The van der Waals surface area contributed by atoms with Crippen LogP contribution in [0.3, 0.4) is 0 Å². The van der Waals surface area contributed by atoms with E-state index in [2.05, 4.69) is 20.4 Å². The monoisotopic (exact) mass is 562 g/mol. The van der Waals surface area contributed by atoms with Crippen molar-refractivity contribution in [3.8, 4) is 5.75 Å². The molecule has 0 radical (unpaired) electrons. The topological polar surface area (TPSA) is 66.0 Å². The number of ether oxygens (including phenoxy) is 1. The molecular formula is C22H26F3IN4O2. The Morgan fingerprint density at radius 3 is 2.31 bits per heavy atom. The summed E-state index contributed by atoms with van der Waals surface area (Å²) in [7, 11) is 1.57. The minimum Gasteiger partial charge on any atom is -0.405 e. The lowest BCUT2D eigenvalue weighted by Gasteiger charge is -2.17. The number of nitrogens with one attached hydrogen (secondary N) is 2. The van der Waals surface area contributed by atoms with Crippen molar-refractivity contribution in [3.05, 3.63) is 65.2 Å². The number of alkyl halides is 3. The fourth-order valence-electron chi connectivity index (χ4n) is 3.39. The Kier molecular flexibility index (Phi) is 9.60. The molecule has 1 amide bonds. The normalized spacial score (nSPS) is 13.2. The Morgan fingerprint density at radius 2 is 1.69 bits per heavy atom. The van der Waals surface area contributed by atoms with Crippen molar-refractivity contribution in [2.45, 2.75) is 38.8 Å². The molecule has 0 spiro atoms. The van der Waals surface area contributed by atoms with Gasteiger partial charge in [0.05, 0.1) is 0 Å². The van der Waals surface area contributed by atoms with Crippen molar-refractivity contribution in [3.63, 3.8) is 0 Å². The first kappa shape index (κ1) is 25.8. The van der Waals surface area contributed by atoms with Crippen molar-refractivity contribution >= 4 is 35.8 Å². The highest BCUT2D eigenvalue weighted by Crippen LogP contribution is 2.26. The second-order valence-corrected chi connectivity index (χ2v) is 7.13. The smallest absolute Gasteiger partial charge is 0.405 e. The molecule has 0 saturated heterocycles. The number of amides is 1. The summed E-state index contributed by atoms with van der Waals surface area (Å²) in [6.45, 7) is 1.90. The summed E-state index contributed by atoms with van der Waals surface area (Å²) in [5.74, 6) is 0.275. The molecule has 1 aliphatic heterocycles. The van der Waals surface area contributed by atoms with Gasteiger partial charge in [0.1, 0.15) is 5.75 Å². The van der Waals surface area contributed by atoms with Crippen LogP contribution in [0.15, 0.2) is 53.5 Å². The van der Waals surface area contributed by atoms with E-state index in [0.717, 1.165) is 0 Å². The number of guanidine groups is 1. The highest BCUT2D eigenvalue weighted by Gasteiger charge is 2.32. The summed E-state index contributed by atoms with van der Waals surface area (Å²) in [5, 5.41) is 6.04. The third-order valence-corrected chi connectivity index (χ3v) is 4.92. The molecule has 2 aromatic carbocycles. The average molecular weight is 562 g/mol. The molecular weight excluding hydrogens is 536 g/mol. The summed E-state index contributed by atoms with van der Waals surface area (Å²) in [4.78, 5) is 18.3. The number of hydrogen-bond acceptors (Lipinski definition) is 3. The molecule has 0 unspecified atom stereocenters. The van der Waals surface area contributed by atoms with Crippen molar-refractivity contribution in [1.82, 2.24) is 15.5 Å². The molecule has 0 aromatic heterocycles. The Bertz CT molecular complexity index is 912. The molecule has 1 heterocycles. The molecule has 2 aromatic rings. The van der Waals surface area contributed by atoms with Gasteiger partial charge >= 0.3 is 6.36 Å². The van der Waals surface area contributed by atoms with E-state index in [4.69, 9.17) is 0 Å². The molecule has 32 heavy (non-hydrogen) atoms. The van der Waals surface area contributed by atoms with Gasteiger partial charge in [0.25, 0.3) is 0 Å². The summed E-state index contributed by atoms with van der Waals surface area (Å²) in [5.41, 5.74) is 2.73. The first-order valence-corrected chi connectivity index (χ1v) is 9.98. The number of carbonyl (C=O) groups is 1. The maximum absolute atomic E-state index is 12.5. The SMILES string of the molecule is CN=C(NCCCC(=O)N1Cc2ccccc2C1)NCc1ccccc1OC(F)(F)F.I. The third kappa shape index (κ3) is 7.57. The van der Waals surface area contributed by atoms with Gasteiger partial charge in [-0.2, -0.15) is 0 Å². The molecule has 2 N–H and O–H groups in total. The molecule has 174 valence electrons. The molecule has 3 rings (SSSR count). The van der Waals surface area contributed by atoms with Gasteiger partial charge in [-0.25, -0.2) is 0 Å². The second-order valence-electron chi connectivity index (χ2n) is 7.13. The first-order valence-electron chi connectivity index (χ1n) is 9.98. The van der Waals surface area contributed by atoms with Crippen LogP contribution in [-0.4, -0.2) is 36.7 Å². The van der Waals surface area contributed by atoms with E-state index in [-0.39, 0.29) is 42.2 Å². The highest BCUT2D eigenvalue weighted by atomic mass is 127. The largest absolute Gasteiger partial charge is 0.573 e. The van der Waals surface area contributed by atoms with Crippen LogP contribution in [0.25, 0.3) is 0 Å². The van der Waals surface area contributed by atoms with Gasteiger partial charge in [0, 0.05) is 45.2 Å². The van der Waals surface area contributed by atoms with E-state index in [9.17, 15) is 18.0 Å². The van der Waals surface area contributed by atoms with Crippen LogP contribution in [0.5, 0.6) is 5.75 Å². The number of halogens is 4. The van der Waals surface area contributed by atoms with Crippen LogP contribution in [0.2, 0.25) is 0 Å². The predicted molar refractivity (Wildman–Crippen MR) is 127 cm³/mol. The zero-order chi connectivity index (χ0) is 22.3. The molecule has 0 saturated carbocycles. The summed E-state index contributed by atoms with van der Waals surface area (Å²) >= 11 is 0. The van der Waals surface area contributed by atoms with E-state index >= 15 is 0 Å². The Hall–Kier alpha value is -2.50. The lowest BCUT2D eigenvalue weighted by Crippen LogP contribution is -2.37. The number of carbonyl (C=O) groups excluding carboxylic acids is 1. The number of para-hydroxylation sites is 1. The van der Waals surface area contributed by atoms with Gasteiger partial charge in [-0.05, 0) is 23.6 Å². The summed E-state index contributed by atoms with van der Waals surface area (Å²) in [6.07, 6.45) is -3.74. The van der Waals surface area contributed by atoms with Gasteiger partial charge in [-0.1, -0.05) is 42.5 Å². The molecule has 1 aliphatic rings. The highest BCUT2D eigenvalue weighted by molar-refractivity contribution is 14.0. The summed E-state index contributed by atoms with van der Waals surface area (Å²) in [6, 6.07) is 14.0. The summed E-state index contributed by atoms with van der Waals surface area (Å²) < 4.78 is 41.7. The van der Waals surface area contributed by atoms with E-state index in [1.807, 2.05) is 29.2 Å². The van der Waals surface area contributed by atoms with Gasteiger partial charge in [-0.3, -0.25) is 9.79 Å². The predicted octanol–water partition coefficient (Wildman–Crippen LogP) is 4.19. The maximum Gasteiger partial charge on any atom is 0.573 e. The van der Waals surface area contributed by atoms with Gasteiger partial charge in [0.15, 0.2) is 5.96 Å². The van der Waals surface area contributed by atoms with E-state index in [1.54, 1.807) is 19.2 Å². The minimum absolute atomic E-state index is 0. The molecule has 0 fully saturated rings. The van der Waals surface area contributed by atoms with Crippen LogP contribution in [0.4, 0.5) is 13.2 Å². The number of aliphatic imine (C=N–C) groups is 1. The van der Waals surface area contributed by atoms with Gasteiger partial charge in [0.2, 0.25) is 5.91 Å². The number of benzene rings is 2. The fourth-order valence-corrected chi connectivity index (χ4v) is 3.39. The Morgan fingerprint density at radius 1 is 1.06 bits per heavy atom. The zero-order valence-corrected chi connectivity index (χ0v) is 19.9. The van der Waals surface area contributed by atoms with Crippen molar-refractivity contribution < 1.29 is 22.7 Å². The molecule has 0 atom stereocenters. The van der Waals surface area contributed by atoms with Crippen LogP contribution in [-0.2, 0) is 24.4 Å². The number of rotatable bonds is 7. The van der Waals surface area contributed by atoms with E-state index in [0.29, 0.717) is 44.0 Å². The Balaban J connectivity index is 0.00000363. The van der Waals surface area contributed by atoms with Gasteiger partial charge < -0.3 is 20.3 Å². The number of fused-ring (bicyclic) bond motifs is 1. The van der Waals surface area contributed by atoms with E-state index < -0.39 is 6.36 Å². The Labute approximate surface area is 202 Å². The van der Waals surface area contributed by atoms with Crippen molar-refractivity contribution in [1.29, 1.82) is 0 Å². The second kappa shape index (κ2) is 11.9. The van der Waals surface area contributed by atoms with Crippen LogP contribution in [0, 0.1) is 0 Å². The number of hydrogen-bond donors (Lipinski definition) is 2. The quantitative estimate of drug-likeness (QED) is 0.230. The lowest BCUT2D eigenvalue weighted by atomic mass is 10.1. The average Bonchev–Trinajstić information content (AvgIpc) is 3.17. The van der Waals surface area contributed by atoms with Crippen LogP contribution >= 0.6 is 24.0 Å². The van der Waals surface area contributed by atoms with Crippen LogP contribution in [0.1, 0.15) is 29.5 Å². The van der Waals surface area contributed by atoms with E-state index in [1.165, 1.54) is 23.3 Å². The maximum atomic E-state index is 12.5. The molecule has 6 nitrogen and oxygen atoms in total. The molecule has 10 heteroatoms. The van der Waals surface area contributed by atoms with Crippen LogP contribution < -0.4 is 15.4 Å². The minimum atomic E-state index is -4.75. The van der Waals surface area contributed by atoms with Gasteiger partial charge in [-0.15, -0.1) is 37.1 Å². The molecule has 0 aliphatic carbocycles. The standard InChI is InChI=1S/C22H25F3N4O2.HI/c1-26-21(28-13-16-7-4-5-10-19(16)31-22(23,24)25)27-12-6-11-20(30)29-14-17-8-2-3-9-18(17)15-29;/h2-5,7-10H,6,11-15H2,1H3,(H2,26,27,28);1H.